The minimum absolute atomic E-state index is 0.0907. The highest BCUT2D eigenvalue weighted by Gasteiger charge is 2.63. The number of nitrogens with zero attached hydrogens (tertiary/aromatic N) is 1. The smallest absolute Gasteiger partial charge is 0.401 e. The second kappa shape index (κ2) is 15.3. The van der Waals surface area contributed by atoms with Crippen LogP contribution in [0.15, 0.2) is 89.9 Å². The van der Waals surface area contributed by atoms with E-state index in [9.17, 15) is 13.6 Å². The van der Waals surface area contributed by atoms with Crippen molar-refractivity contribution in [3.8, 4) is 5.75 Å². The van der Waals surface area contributed by atoms with Crippen molar-refractivity contribution >= 4 is 30.3 Å². The number of hydrogen-bond donors (Lipinski definition) is 1. The van der Waals surface area contributed by atoms with Gasteiger partial charge in [0, 0.05) is 11.1 Å². The molecule has 0 aromatic heterocycles. The van der Waals surface area contributed by atoms with Crippen LogP contribution in [0.3, 0.4) is 0 Å². The predicted molar refractivity (Wildman–Crippen MR) is 170 cm³/mol. The zero-order chi connectivity index (χ0) is 32.5. The standard InChI is InChI=1S/C32H39F2N2O6PS/c1-7-40-43(38,41-8-2)32(33,34)29(36-44(39)31(4,5)6)28(30(37)42-26-21-15-16-23(3)22-26)35-27(24-17-11-9-12-18-24)25-19-13-10-14-20-25/h9-22,28-29,36H,7-8H2,1-6H3/t28-,29-,44?/m0/s1. The molecule has 0 amide bonds. The second-order valence-corrected chi connectivity index (χ2v) is 14.9. The minimum Gasteiger partial charge on any atom is -0.425 e. The van der Waals surface area contributed by atoms with Gasteiger partial charge in [0.05, 0.1) is 34.7 Å². The summed E-state index contributed by atoms with van der Waals surface area (Å²) in [6.07, 6.45) is 0. The Labute approximate surface area is 260 Å². The van der Waals surface area contributed by atoms with E-state index in [0.29, 0.717) is 11.1 Å². The van der Waals surface area contributed by atoms with E-state index in [-0.39, 0.29) is 24.7 Å². The van der Waals surface area contributed by atoms with E-state index >= 15 is 8.78 Å². The molecule has 1 N–H and O–H groups in total. The molecule has 0 saturated heterocycles. The third-order valence-corrected chi connectivity index (χ3v) is 10.0. The number of carbonyl (C=O) groups is 1. The summed E-state index contributed by atoms with van der Waals surface area (Å²) < 4.78 is 77.7. The number of aryl methyl sites for hydroxylation is 1. The summed E-state index contributed by atoms with van der Waals surface area (Å²) in [7, 11) is -7.45. The van der Waals surface area contributed by atoms with Crippen molar-refractivity contribution < 1.29 is 36.1 Å². The number of alkyl halides is 2. The van der Waals surface area contributed by atoms with Crippen LogP contribution in [-0.2, 0) is 29.4 Å². The molecule has 1 unspecified atom stereocenters. The van der Waals surface area contributed by atoms with Gasteiger partial charge in [0.2, 0.25) is 0 Å². The van der Waals surface area contributed by atoms with Crippen molar-refractivity contribution in [2.24, 2.45) is 4.99 Å². The zero-order valence-corrected chi connectivity index (χ0v) is 27.4. The van der Waals surface area contributed by atoms with Crippen LogP contribution in [0.2, 0.25) is 0 Å². The maximum atomic E-state index is 16.7. The normalized spacial score (nSPS) is 14.4. The largest absolute Gasteiger partial charge is 0.425 e. The van der Waals surface area contributed by atoms with Crippen LogP contribution in [0.4, 0.5) is 8.78 Å². The van der Waals surface area contributed by atoms with Gasteiger partial charge in [-0.25, -0.2) is 13.7 Å². The lowest BCUT2D eigenvalue weighted by Crippen LogP contribution is -2.58. The number of esters is 1. The summed E-state index contributed by atoms with van der Waals surface area (Å²) in [4.78, 5) is 18.6. The fraction of sp³-hybridized carbons (Fsp3) is 0.375. The van der Waals surface area contributed by atoms with Gasteiger partial charge in [-0.1, -0.05) is 72.8 Å². The summed E-state index contributed by atoms with van der Waals surface area (Å²) >= 11 is 0. The van der Waals surface area contributed by atoms with Crippen LogP contribution in [-0.4, -0.2) is 51.6 Å². The lowest BCUT2D eigenvalue weighted by Gasteiger charge is -2.36. The highest BCUT2D eigenvalue weighted by molar-refractivity contribution is 7.84. The number of ether oxygens (including phenoxy) is 1. The molecule has 0 fully saturated rings. The van der Waals surface area contributed by atoms with Crippen LogP contribution in [0.25, 0.3) is 0 Å². The van der Waals surface area contributed by atoms with Gasteiger partial charge in [-0.3, -0.25) is 9.56 Å². The molecule has 3 atom stereocenters. The molecule has 0 spiro atoms. The first-order valence-corrected chi connectivity index (χ1v) is 16.8. The summed E-state index contributed by atoms with van der Waals surface area (Å²) in [6, 6.07) is 19.3. The predicted octanol–water partition coefficient (Wildman–Crippen LogP) is 7.09. The summed E-state index contributed by atoms with van der Waals surface area (Å²) in [5, 5.41) is 0. The fourth-order valence-corrected chi connectivity index (χ4v) is 6.70. The van der Waals surface area contributed by atoms with E-state index in [1.54, 1.807) is 107 Å². The Morgan fingerprint density at radius 3 is 1.89 bits per heavy atom. The van der Waals surface area contributed by atoms with Gasteiger partial charge < -0.3 is 13.8 Å². The van der Waals surface area contributed by atoms with Gasteiger partial charge in [0.25, 0.3) is 0 Å². The highest BCUT2D eigenvalue weighted by atomic mass is 32.2. The maximum Gasteiger partial charge on any atom is 0.401 e. The van der Waals surface area contributed by atoms with Gasteiger partial charge in [0.15, 0.2) is 6.04 Å². The molecule has 44 heavy (non-hydrogen) atoms. The number of halogens is 2. The molecule has 0 bridgehead atoms. The van der Waals surface area contributed by atoms with Crippen molar-refractivity contribution in [1.29, 1.82) is 0 Å². The van der Waals surface area contributed by atoms with E-state index in [1.165, 1.54) is 19.9 Å². The van der Waals surface area contributed by atoms with E-state index < -0.39 is 47.0 Å². The molecule has 3 aromatic rings. The number of carbonyl (C=O) groups excluding carboxylic acids is 1. The van der Waals surface area contributed by atoms with Crippen molar-refractivity contribution in [2.45, 2.75) is 64.0 Å². The van der Waals surface area contributed by atoms with Crippen LogP contribution in [0, 0.1) is 6.92 Å². The molecule has 0 aliphatic rings. The first-order valence-electron chi connectivity index (χ1n) is 14.2. The van der Waals surface area contributed by atoms with E-state index in [0.717, 1.165) is 5.56 Å². The molecule has 3 rings (SSSR count). The number of benzene rings is 3. The van der Waals surface area contributed by atoms with Crippen molar-refractivity contribution in [2.75, 3.05) is 13.2 Å². The first kappa shape index (κ1) is 35.4. The lowest BCUT2D eigenvalue weighted by atomic mass is 10.0. The molecule has 8 nitrogen and oxygen atoms in total. The average molecular weight is 649 g/mol. The van der Waals surface area contributed by atoms with Crippen LogP contribution in [0.1, 0.15) is 51.3 Å². The highest BCUT2D eigenvalue weighted by Crippen LogP contribution is 2.63. The molecule has 0 heterocycles. The number of nitrogens with one attached hydrogen (secondary N) is 1. The van der Waals surface area contributed by atoms with Crippen LogP contribution >= 0.6 is 7.60 Å². The Morgan fingerprint density at radius 2 is 1.43 bits per heavy atom. The summed E-state index contributed by atoms with van der Waals surface area (Å²) in [5.41, 5.74) is -2.43. The Hall–Kier alpha value is -3.08. The number of hydrogen-bond acceptors (Lipinski definition) is 7. The van der Waals surface area contributed by atoms with E-state index in [1.807, 2.05) is 0 Å². The third kappa shape index (κ3) is 8.76. The monoisotopic (exact) mass is 648 g/mol. The van der Waals surface area contributed by atoms with Gasteiger partial charge in [0.1, 0.15) is 11.8 Å². The maximum absolute atomic E-state index is 16.7. The van der Waals surface area contributed by atoms with Gasteiger partial charge in [-0.05, 0) is 59.2 Å². The zero-order valence-electron chi connectivity index (χ0n) is 25.7. The van der Waals surface area contributed by atoms with E-state index in [4.69, 9.17) is 13.8 Å². The van der Waals surface area contributed by atoms with Crippen molar-refractivity contribution in [3.05, 3.63) is 102 Å². The molecular weight excluding hydrogens is 609 g/mol. The van der Waals surface area contributed by atoms with Gasteiger partial charge in [-0.2, -0.15) is 8.78 Å². The molecule has 12 heteroatoms. The molecular formula is C32H39F2N2O6PS. The topological polar surface area (TPSA) is 103 Å². The molecule has 3 aromatic carbocycles. The van der Waals surface area contributed by atoms with Crippen LogP contribution in [0.5, 0.6) is 5.75 Å². The third-order valence-electron chi connectivity index (χ3n) is 6.26. The molecule has 0 radical (unpaired) electrons. The molecule has 0 aliphatic carbocycles. The van der Waals surface area contributed by atoms with E-state index in [2.05, 4.69) is 9.71 Å². The van der Waals surface area contributed by atoms with Gasteiger partial charge in [-0.15, -0.1) is 0 Å². The molecule has 238 valence electrons. The molecule has 0 aliphatic heterocycles. The Bertz CT molecular complexity index is 1450. The minimum atomic E-state index is -5.27. The number of aliphatic imine (C=N–C) groups is 1. The average Bonchev–Trinajstić information content (AvgIpc) is 2.97. The van der Waals surface area contributed by atoms with Crippen molar-refractivity contribution in [1.82, 2.24) is 4.72 Å². The summed E-state index contributed by atoms with van der Waals surface area (Å²) in [5.74, 6) is -1.10. The fourth-order valence-electron chi connectivity index (χ4n) is 4.10. The Balaban J connectivity index is 2.35. The number of rotatable bonds is 14. The van der Waals surface area contributed by atoms with Crippen molar-refractivity contribution in [3.63, 3.8) is 0 Å². The van der Waals surface area contributed by atoms with Gasteiger partial charge >= 0.3 is 19.2 Å². The van der Waals surface area contributed by atoms with Crippen LogP contribution < -0.4 is 9.46 Å². The second-order valence-electron chi connectivity index (χ2n) is 10.8. The SMILES string of the molecule is CCOP(=O)(OCC)C(F)(F)[C@@H](NS(=O)C(C)(C)C)[C@H](N=C(c1ccccc1)c1ccccc1)C(=O)Oc1cccc(C)c1. The lowest BCUT2D eigenvalue weighted by molar-refractivity contribution is -0.138. The summed E-state index contributed by atoms with van der Waals surface area (Å²) in [6.45, 7) is 8.52. The molecule has 0 saturated carbocycles. The first-order chi connectivity index (χ1) is 20.7. The Morgan fingerprint density at radius 1 is 0.909 bits per heavy atom. The Kier molecular flexibility index (Phi) is 12.3. The quantitative estimate of drug-likeness (QED) is 0.0867.